The number of aliphatic hydroxyl groups excluding tert-OH is 3. The van der Waals surface area contributed by atoms with Gasteiger partial charge in [0.1, 0.15) is 6.10 Å². The van der Waals surface area contributed by atoms with E-state index in [2.05, 4.69) is 13.0 Å². The molecule has 1 fully saturated rings. The third kappa shape index (κ3) is 9.48. The molecule has 0 spiro atoms. The topological polar surface area (TPSA) is 107 Å². The van der Waals surface area contributed by atoms with E-state index < -0.39 is 36.5 Å². The maximum absolute atomic E-state index is 10.5. The van der Waals surface area contributed by atoms with E-state index in [1.165, 1.54) is 12.8 Å². The van der Waals surface area contributed by atoms with Gasteiger partial charge in [-0.3, -0.25) is 4.79 Å². The van der Waals surface area contributed by atoms with Gasteiger partial charge in [-0.1, -0.05) is 44.1 Å². The van der Waals surface area contributed by atoms with Crippen molar-refractivity contribution in [2.75, 3.05) is 0 Å². The van der Waals surface area contributed by atoms with Crippen LogP contribution in [0.1, 0.15) is 64.7 Å². The third-order valence-corrected chi connectivity index (χ3v) is 4.55. The Bertz CT molecular complexity index is 448. The van der Waals surface area contributed by atoms with Crippen LogP contribution in [0.15, 0.2) is 24.3 Å². The van der Waals surface area contributed by atoms with Gasteiger partial charge in [0.25, 0.3) is 0 Å². The predicted molar refractivity (Wildman–Crippen MR) is 99.8 cm³/mol. The van der Waals surface area contributed by atoms with Gasteiger partial charge in [0.2, 0.25) is 0 Å². The summed E-state index contributed by atoms with van der Waals surface area (Å²) in [5, 5.41) is 38.7. The normalized spacial score (nSPS) is 25.9. The highest BCUT2D eigenvalue weighted by Gasteiger charge is 2.36. The van der Waals surface area contributed by atoms with Crippen LogP contribution in [-0.2, 0) is 9.53 Å². The van der Waals surface area contributed by atoms with Crippen molar-refractivity contribution < 1.29 is 30.0 Å². The molecule has 1 rings (SSSR count). The van der Waals surface area contributed by atoms with Crippen molar-refractivity contribution in [1.82, 2.24) is 0 Å². The van der Waals surface area contributed by atoms with Crippen LogP contribution in [-0.4, -0.2) is 56.9 Å². The van der Waals surface area contributed by atoms with Crippen LogP contribution in [0.4, 0.5) is 0 Å². The summed E-state index contributed by atoms with van der Waals surface area (Å²) in [6, 6.07) is 0. The number of hydrogen-bond donors (Lipinski definition) is 4. The molecule has 5 atom stereocenters. The van der Waals surface area contributed by atoms with Crippen LogP contribution < -0.4 is 0 Å². The van der Waals surface area contributed by atoms with Gasteiger partial charge < -0.3 is 25.2 Å². The number of carboxylic acids is 1. The average molecular weight is 370 g/mol. The zero-order valence-corrected chi connectivity index (χ0v) is 15.7. The number of rotatable bonds is 13. The average Bonchev–Trinajstić information content (AvgIpc) is 2.96. The van der Waals surface area contributed by atoms with E-state index in [4.69, 9.17) is 9.84 Å². The van der Waals surface area contributed by atoms with E-state index in [1.807, 2.05) is 6.08 Å². The minimum absolute atomic E-state index is 0.00776. The van der Waals surface area contributed by atoms with Crippen LogP contribution in [0.5, 0.6) is 0 Å². The van der Waals surface area contributed by atoms with Crippen LogP contribution in [0.2, 0.25) is 0 Å². The SMILES string of the molecule is CCCCC/C=C\C[C@@H](O)/C=C/[C@@H]1O[C@H]([C@H](O)CCCC(=O)O)C[C@H]1O. The molecule has 150 valence electrons. The standard InChI is InChI=1S/C20H34O6/c1-2-3-4-5-6-7-9-15(21)12-13-18-17(23)14-19(26-18)16(22)10-8-11-20(24)25/h6-7,12-13,15-19,21-23H,2-5,8-11,14H2,1H3,(H,24,25)/b7-6-,13-12+/t15-,16-,17-,18+,19+/m1/s1. The lowest BCUT2D eigenvalue weighted by Crippen LogP contribution is -2.26. The molecule has 0 aromatic rings. The summed E-state index contributed by atoms with van der Waals surface area (Å²) in [6.07, 6.45) is 10.2. The van der Waals surface area contributed by atoms with E-state index in [0.29, 0.717) is 25.7 Å². The first-order chi connectivity index (χ1) is 12.4. The molecule has 1 saturated heterocycles. The quantitative estimate of drug-likeness (QED) is 0.293. The molecule has 0 bridgehead atoms. The summed E-state index contributed by atoms with van der Waals surface area (Å²) >= 11 is 0. The molecule has 0 unspecified atom stereocenters. The van der Waals surface area contributed by atoms with Gasteiger partial charge in [-0.2, -0.15) is 0 Å². The molecule has 0 radical (unpaired) electrons. The second-order valence-electron chi connectivity index (χ2n) is 6.95. The molecule has 0 saturated carbocycles. The summed E-state index contributed by atoms with van der Waals surface area (Å²) in [5.74, 6) is -0.890. The summed E-state index contributed by atoms with van der Waals surface area (Å²) in [4.78, 5) is 10.5. The number of aliphatic carboxylic acids is 1. The smallest absolute Gasteiger partial charge is 0.303 e. The summed E-state index contributed by atoms with van der Waals surface area (Å²) < 4.78 is 5.65. The Morgan fingerprint density at radius 3 is 2.69 bits per heavy atom. The minimum atomic E-state index is -0.890. The van der Waals surface area contributed by atoms with Gasteiger partial charge in [0.15, 0.2) is 0 Å². The molecule has 4 N–H and O–H groups in total. The van der Waals surface area contributed by atoms with Crippen molar-refractivity contribution in [3.05, 3.63) is 24.3 Å². The molecular formula is C20H34O6. The number of carboxylic acid groups (broad SMARTS) is 1. The molecule has 0 aromatic carbocycles. The highest BCUT2D eigenvalue weighted by atomic mass is 16.5. The van der Waals surface area contributed by atoms with Crippen molar-refractivity contribution in [2.45, 2.75) is 95.2 Å². The summed E-state index contributed by atoms with van der Waals surface area (Å²) in [6.45, 7) is 2.16. The lowest BCUT2D eigenvalue weighted by molar-refractivity contribution is -0.137. The maximum Gasteiger partial charge on any atom is 0.303 e. The Kier molecular flexibility index (Phi) is 11.4. The summed E-state index contributed by atoms with van der Waals surface area (Å²) in [7, 11) is 0. The van der Waals surface area contributed by atoms with Gasteiger partial charge in [0, 0.05) is 12.8 Å². The van der Waals surface area contributed by atoms with Crippen molar-refractivity contribution >= 4 is 5.97 Å². The lowest BCUT2D eigenvalue weighted by Gasteiger charge is -2.17. The number of carbonyl (C=O) groups is 1. The van der Waals surface area contributed by atoms with E-state index in [1.54, 1.807) is 12.2 Å². The second kappa shape index (κ2) is 13.0. The van der Waals surface area contributed by atoms with Gasteiger partial charge in [-0.15, -0.1) is 0 Å². The van der Waals surface area contributed by atoms with Crippen LogP contribution in [0.3, 0.4) is 0 Å². The first kappa shape index (κ1) is 22.8. The van der Waals surface area contributed by atoms with E-state index >= 15 is 0 Å². The Morgan fingerprint density at radius 2 is 2.00 bits per heavy atom. The Hall–Kier alpha value is -1.21. The first-order valence-electron chi connectivity index (χ1n) is 9.68. The van der Waals surface area contributed by atoms with Crippen molar-refractivity contribution in [1.29, 1.82) is 0 Å². The molecule has 1 aliphatic heterocycles. The number of ether oxygens (including phenoxy) is 1. The molecule has 6 heteroatoms. The molecule has 6 nitrogen and oxygen atoms in total. The van der Waals surface area contributed by atoms with E-state index in [-0.39, 0.29) is 6.42 Å². The highest BCUT2D eigenvalue weighted by molar-refractivity contribution is 5.66. The van der Waals surface area contributed by atoms with E-state index in [0.717, 1.165) is 12.8 Å². The number of unbranched alkanes of at least 4 members (excludes halogenated alkanes) is 3. The Morgan fingerprint density at radius 1 is 1.23 bits per heavy atom. The molecule has 26 heavy (non-hydrogen) atoms. The van der Waals surface area contributed by atoms with Gasteiger partial charge in [-0.25, -0.2) is 0 Å². The van der Waals surface area contributed by atoms with Crippen LogP contribution in [0, 0.1) is 0 Å². The van der Waals surface area contributed by atoms with E-state index in [9.17, 15) is 20.1 Å². The van der Waals surface area contributed by atoms with Crippen molar-refractivity contribution in [3.63, 3.8) is 0 Å². The highest BCUT2D eigenvalue weighted by Crippen LogP contribution is 2.26. The molecule has 0 aliphatic carbocycles. The Balaban J connectivity index is 2.31. The third-order valence-electron chi connectivity index (χ3n) is 4.55. The van der Waals surface area contributed by atoms with Gasteiger partial charge >= 0.3 is 5.97 Å². The molecular weight excluding hydrogens is 336 g/mol. The zero-order valence-electron chi connectivity index (χ0n) is 15.7. The monoisotopic (exact) mass is 370 g/mol. The summed E-state index contributed by atoms with van der Waals surface area (Å²) in [5.41, 5.74) is 0. The van der Waals surface area contributed by atoms with Crippen molar-refractivity contribution in [2.24, 2.45) is 0 Å². The van der Waals surface area contributed by atoms with Crippen LogP contribution >= 0.6 is 0 Å². The second-order valence-corrected chi connectivity index (χ2v) is 6.95. The van der Waals surface area contributed by atoms with Gasteiger partial charge in [-0.05, 0) is 32.1 Å². The predicted octanol–water partition coefficient (Wildman–Crippen LogP) is 2.56. The van der Waals surface area contributed by atoms with Crippen molar-refractivity contribution in [3.8, 4) is 0 Å². The first-order valence-corrected chi connectivity index (χ1v) is 9.68. The fraction of sp³-hybridized carbons (Fsp3) is 0.750. The zero-order chi connectivity index (χ0) is 19.4. The molecule has 0 aromatic heterocycles. The number of aliphatic hydroxyl groups is 3. The fourth-order valence-corrected chi connectivity index (χ4v) is 2.97. The largest absolute Gasteiger partial charge is 0.481 e. The van der Waals surface area contributed by atoms with Crippen LogP contribution in [0.25, 0.3) is 0 Å². The van der Waals surface area contributed by atoms with Gasteiger partial charge in [0.05, 0.1) is 24.4 Å². The molecule has 1 heterocycles. The molecule has 0 amide bonds. The number of allylic oxidation sites excluding steroid dienone is 1. The molecule has 1 aliphatic rings. The number of hydrogen-bond acceptors (Lipinski definition) is 5. The lowest BCUT2D eigenvalue weighted by atomic mass is 10.0. The Labute approximate surface area is 156 Å². The maximum atomic E-state index is 10.5. The minimum Gasteiger partial charge on any atom is -0.481 e. The fourth-order valence-electron chi connectivity index (χ4n) is 2.97.